The third-order valence-corrected chi connectivity index (χ3v) is 3.62. The number of furan rings is 1. The van der Waals surface area contributed by atoms with E-state index in [1.165, 1.54) is 12.1 Å². The Kier molecular flexibility index (Phi) is 3.95. The van der Waals surface area contributed by atoms with Gasteiger partial charge in [-0.25, -0.2) is 4.39 Å². The molecule has 4 heteroatoms. The van der Waals surface area contributed by atoms with Gasteiger partial charge in [0.25, 0.3) is 0 Å². The van der Waals surface area contributed by atoms with E-state index in [1.54, 1.807) is 6.07 Å². The number of nitrogens with one attached hydrogen (secondary N) is 1. The van der Waals surface area contributed by atoms with Gasteiger partial charge in [-0.05, 0) is 42.8 Å². The number of hydrogen-bond acceptors (Lipinski definition) is 2. The molecule has 1 heterocycles. The minimum Gasteiger partial charge on any atom is -0.459 e. The Balaban J connectivity index is 1.72. The van der Waals surface area contributed by atoms with Gasteiger partial charge >= 0.3 is 0 Å². The molecule has 0 aliphatic carbocycles. The molecule has 1 aromatic heterocycles. The van der Waals surface area contributed by atoms with Gasteiger partial charge in [-0.2, -0.15) is 0 Å². The molecule has 1 N–H and O–H groups in total. The SMILES string of the molecule is CC(NCc1cc(F)cc(Cl)c1)c1cc2ccccc2o1. The summed E-state index contributed by atoms with van der Waals surface area (Å²) in [5.74, 6) is 0.536. The monoisotopic (exact) mass is 303 g/mol. The fourth-order valence-corrected chi connectivity index (χ4v) is 2.54. The standard InChI is InChI=1S/C17H15ClFNO/c1-11(17-8-13-4-2-3-5-16(13)21-17)20-10-12-6-14(18)9-15(19)7-12/h2-9,11,20H,10H2,1H3. The lowest BCUT2D eigenvalue weighted by atomic mass is 10.2. The van der Waals surface area contributed by atoms with Crippen LogP contribution in [0.2, 0.25) is 5.02 Å². The summed E-state index contributed by atoms with van der Waals surface area (Å²) in [7, 11) is 0. The van der Waals surface area contributed by atoms with Gasteiger partial charge < -0.3 is 9.73 Å². The molecule has 0 aliphatic rings. The van der Waals surface area contributed by atoms with Crippen LogP contribution in [0.5, 0.6) is 0 Å². The van der Waals surface area contributed by atoms with Crippen molar-refractivity contribution >= 4 is 22.6 Å². The van der Waals surface area contributed by atoms with Crippen molar-refractivity contribution < 1.29 is 8.81 Å². The Hall–Kier alpha value is -1.84. The zero-order valence-corrected chi connectivity index (χ0v) is 12.3. The molecular weight excluding hydrogens is 289 g/mol. The quantitative estimate of drug-likeness (QED) is 0.727. The van der Waals surface area contributed by atoms with E-state index in [1.807, 2.05) is 37.3 Å². The molecule has 2 aromatic carbocycles. The van der Waals surface area contributed by atoms with E-state index in [0.717, 1.165) is 22.3 Å². The van der Waals surface area contributed by atoms with Crippen LogP contribution >= 0.6 is 11.6 Å². The highest BCUT2D eigenvalue weighted by atomic mass is 35.5. The van der Waals surface area contributed by atoms with Crippen molar-refractivity contribution in [3.63, 3.8) is 0 Å². The van der Waals surface area contributed by atoms with Crippen molar-refractivity contribution in [2.24, 2.45) is 0 Å². The molecule has 0 spiro atoms. The average molecular weight is 304 g/mol. The summed E-state index contributed by atoms with van der Waals surface area (Å²) in [6.07, 6.45) is 0. The van der Waals surface area contributed by atoms with E-state index in [0.29, 0.717) is 11.6 Å². The predicted octanol–water partition coefficient (Wildman–Crippen LogP) is 5.08. The molecular formula is C17H15ClFNO. The number of hydrogen-bond donors (Lipinski definition) is 1. The molecule has 0 saturated heterocycles. The number of rotatable bonds is 4. The first-order valence-corrected chi connectivity index (χ1v) is 7.16. The smallest absolute Gasteiger partial charge is 0.134 e. The van der Waals surface area contributed by atoms with Crippen LogP contribution in [0.4, 0.5) is 4.39 Å². The van der Waals surface area contributed by atoms with Crippen molar-refractivity contribution in [1.82, 2.24) is 5.32 Å². The third-order valence-electron chi connectivity index (χ3n) is 3.41. The highest BCUT2D eigenvalue weighted by Crippen LogP contribution is 2.24. The van der Waals surface area contributed by atoms with Crippen LogP contribution in [0.1, 0.15) is 24.3 Å². The third kappa shape index (κ3) is 3.26. The summed E-state index contributed by atoms with van der Waals surface area (Å²) >= 11 is 5.85. The molecule has 1 unspecified atom stereocenters. The molecule has 0 radical (unpaired) electrons. The fraction of sp³-hybridized carbons (Fsp3) is 0.176. The maximum atomic E-state index is 13.3. The van der Waals surface area contributed by atoms with Gasteiger partial charge in [0.2, 0.25) is 0 Å². The van der Waals surface area contributed by atoms with Gasteiger partial charge in [-0.3, -0.25) is 0 Å². The Morgan fingerprint density at radius 2 is 2.00 bits per heavy atom. The molecule has 0 saturated carbocycles. The van der Waals surface area contributed by atoms with E-state index in [9.17, 15) is 4.39 Å². The Morgan fingerprint density at radius 1 is 1.19 bits per heavy atom. The Morgan fingerprint density at radius 3 is 2.76 bits per heavy atom. The molecule has 1 atom stereocenters. The molecule has 108 valence electrons. The lowest BCUT2D eigenvalue weighted by molar-refractivity contribution is 0.450. The van der Waals surface area contributed by atoms with Gasteiger partial charge in [0.05, 0.1) is 6.04 Å². The second kappa shape index (κ2) is 5.88. The topological polar surface area (TPSA) is 25.2 Å². The highest BCUT2D eigenvalue weighted by Gasteiger charge is 2.11. The van der Waals surface area contributed by atoms with Gasteiger partial charge in [0.15, 0.2) is 0 Å². The van der Waals surface area contributed by atoms with Crippen LogP contribution in [0.15, 0.2) is 52.9 Å². The van der Waals surface area contributed by atoms with Gasteiger partial charge in [-0.1, -0.05) is 29.8 Å². The molecule has 3 aromatic rings. The molecule has 2 nitrogen and oxygen atoms in total. The molecule has 0 aliphatic heterocycles. The van der Waals surface area contributed by atoms with Crippen molar-refractivity contribution in [1.29, 1.82) is 0 Å². The summed E-state index contributed by atoms with van der Waals surface area (Å²) in [6.45, 7) is 2.54. The fourth-order valence-electron chi connectivity index (χ4n) is 2.30. The van der Waals surface area contributed by atoms with E-state index >= 15 is 0 Å². The average Bonchev–Trinajstić information content (AvgIpc) is 2.87. The van der Waals surface area contributed by atoms with Crippen LogP contribution in [-0.4, -0.2) is 0 Å². The summed E-state index contributed by atoms with van der Waals surface area (Å²) in [5, 5.41) is 4.80. The maximum Gasteiger partial charge on any atom is 0.134 e. The Bertz CT molecular complexity index is 715. The number of benzene rings is 2. The molecule has 3 rings (SSSR count). The first-order valence-electron chi connectivity index (χ1n) is 6.78. The first kappa shape index (κ1) is 14.1. The Labute approximate surface area is 127 Å². The van der Waals surface area contributed by atoms with Crippen LogP contribution in [0, 0.1) is 5.82 Å². The summed E-state index contributed by atoms with van der Waals surface area (Å²) in [4.78, 5) is 0. The minimum absolute atomic E-state index is 0.0273. The largest absolute Gasteiger partial charge is 0.459 e. The summed E-state index contributed by atoms with van der Waals surface area (Å²) in [6, 6.07) is 14.5. The van der Waals surface area contributed by atoms with Crippen LogP contribution in [0.3, 0.4) is 0 Å². The van der Waals surface area contributed by atoms with E-state index < -0.39 is 0 Å². The van der Waals surface area contributed by atoms with Crippen molar-refractivity contribution in [2.75, 3.05) is 0 Å². The summed E-state index contributed by atoms with van der Waals surface area (Å²) < 4.78 is 19.1. The minimum atomic E-state index is -0.323. The van der Waals surface area contributed by atoms with Gasteiger partial charge in [-0.15, -0.1) is 0 Å². The normalized spacial score (nSPS) is 12.7. The van der Waals surface area contributed by atoms with Crippen LogP contribution < -0.4 is 5.32 Å². The van der Waals surface area contributed by atoms with E-state index in [2.05, 4.69) is 5.32 Å². The number of fused-ring (bicyclic) bond motifs is 1. The van der Waals surface area contributed by atoms with Crippen LogP contribution in [-0.2, 0) is 6.54 Å². The molecule has 0 bridgehead atoms. The molecule has 0 fully saturated rings. The second-order valence-electron chi connectivity index (χ2n) is 5.07. The second-order valence-corrected chi connectivity index (χ2v) is 5.50. The lowest BCUT2D eigenvalue weighted by Crippen LogP contribution is -2.17. The molecule has 21 heavy (non-hydrogen) atoms. The molecule has 0 amide bonds. The highest BCUT2D eigenvalue weighted by molar-refractivity contribution is 6.30. The van der Waals surface area contributed by atoms with Crippen molar-refractivity contribution in [2.45, 2.75) is 19.5 Å². The summed E-state index contributed by atoms with van der Waals surface area (Å²) in [5.41, 5.74) is 1.68. The van der Waals surface area contributed by atoms with Gasteiger partial charge in [0, 0.05) is 17.0 Å². The number of para-hydroxylation sites is 1. The van der Waals surface area contributed by atoms with Crippen molar-refractivity contribution in [3.8, 4) is 0 Å². The van der Waals surface area contributed by atoms with Crippen molar-refractivity contribution in [3.05, 3.63) is 70.7 Å². The van der Waals surface area contributed by atoms with E-state index in [-0.39, 0.29) is 11.9 Å². The van der Waals surface area contributed by atoms with Gasteiger partial charge in [0.1, 0.15) is 17.2 Å². The zero-order chi connectivity index (χ0) is 14.8. The predicted molar refractivity (Wildman–Crippen MR) is 82.9 cm³/mol. The van der Waals surface area contributed by atoms with Crippen LogP contribution in [0.25, 0.3) is 11.0 Å². The van der Waals surface area contributed by atoms with E-state index in [4.69, 9.17) is 16.0 Å². The maximum absolute atomic E-state index is 13.3. The zero-order valence-electron chi connectivity index (χ0n) is 11.6. The lowest BCUT2D eigenvalue weighted by Gasteiger charge is -2.11. The number of halogens is 2. The first-order chi connectivity index (χ1) is 10.1.